The molecule has 1 saturated heterocycles. The molecule has 0 bridgehead atoms. The molecule has 5 nitrogen and oxygen atoms in total. The van der Waals surface area contributed by atoms with Crippen LogP contribution in [0.4, 0.5) is 0 Å². The number of thiazole rings is 2. The van der Waals surface area contributed by atoms with E-state index in [1.54, 1.807) is 36.0 Å². The molecule has 148 valence electrons. The van der Waals surface area contributed by atoms with Crippen molar-refractivity contribution in [1.29, 1.82) is 0 Å². The van der Waals surface area contributed by atoms with Gasteiger partial charge in [-0.2, -0.15) is 0 Å². The van der Waals surface area contributed by atoms with Crippen molar-refractivity contribution >= 4 is 22.7 Å². The van der Waals surface area contributed by atoms with Crippen molar-refractivity contribution in [2.75, 3.05) is 26.7 Å². The van der Waals surface area contributed by atoms with E-state index in [1.165, 1.54) is 5.56 Å². The number of hydrogen-bond acceptors (Lipinski definition) is 7. The van der Waals surface area contributed by atoms with E-state index in [4.69, 9.17) is 4.74 Å². The molecule has 1 N–H and O–H groups in total. The van der Waals surface area contributed by atoms with Crippen LogP contribution in [0.1, 0.15) is 29.5 Å². The predicted molar refractivity (Wildman–Crippen MR) is 114 cm³/mol. The van der Waals surface area contributed by atoms with Gasteiger partial charge in [0.05, 0.1) is 7.11 Å². The molecule has 1 aromatic carbocycles. The van der Waals surface area contributed by atoms with Gasteiger partial charge in [0.25, 0.3) is 0 Å². The quantitative estimate of drug-likeness (QED) is 0.625. The van der Waals surface area contributed by atoms with Crippen LogP contribution in [0.25, 0.3) is 10.7 Å². The Balaban J connectivity index is 1.26. The lowest BCUT2D eigenvalue weighted by Gasteiger charge is -2.33. The second-order valence-corrected chi connectivity index (χ2v) is 8.91. The first-order valence-electron chi connectivity index (χ1n) is 9.61. The molecule has 1 aliphatic heterocycles. The maximum Gasteiger partial charge on any atom is 0.142 e. The molecule has 0 amide bonds. The summed E-state index contributed by atoms with van der Waals surface area (Å²) in [6.07, 6.45) is 4.38. The Morgan fingerprint density at radius 1 is 1.21 bits per heavy atom. The molecule has 1 aliphatic rings. The highest BCUT2D eigenvalue weighted by Crippen LogP contribution is 2.34. The van der Waals surface area contributed by atoms with E-state index in [9.17, 15) is 5.11 Å². The zero-order valence-electron chi connectivity index (χ0n) is 16.0. The Morgan fingerprint density at radius 2 is 2.00 bits per heavy atom. The van der Waals surface area contributed by atoms with Gasteiger partial charge in [0, 0.05) is 23.5 Å². The lowest BCUT2D eigenvalue weighted by Crippen LogP contribution is -2.36. The summed E-state index contributed by atoms with van der Waals surface area (Å²) in [6, 6.07) is 8.31. The zero-order valence-corrected chi connectivity index (χ0v) is 17.6. The number of methoxy groups -OCH3 is 1. The second-order valence-electron chi connectivity index (χ2n) is 7.13. The largest absolute Gasteiger partial charge is 0.497 e. The minimum Gasteiger partial charge on any atom is -0.497 e. The van der Waals surface area contributed by atoms with Crippen molar-refractivity contribution in [2.45, 2.75) is 25.4 Å². The molecule has 3 aromatic rings. The summed E-state index contributed by atoms with van der Waals surface area (Å²) in [5, 5.41) is 16.5. The van der Waals surface area contributed by atoms with Gasteiger partial charge in [-0.1, -0.05) is 12.1 Å². The number of benzene rings is 1. The van der Waals surface area contributed by atoms with Gasteiger partial charge in [0.2, 0.25) is 0 Å². The molecule has 0 saturated carbocycles. The van der Waals surface area contributed by atoms with Gasteiger partial charge in [-0.05, 0) is 56.0 Å². The van der Waals surface area contributed by atoms with Crippen LogP contribution in [0.15, 0.2) is 41.2 Å². The van der Waals surface area contributed by atoms with Gasteiger partial charge in [0.1, 0.15) is 27.6 Å². The molecular weight excluding hydrogens is 390 g/mol. The van der Waals surface area contributed by atoms with E-state index in [2.05, 4.69) is 27.0 Å². The van der Waals surface area contributed by atoms with Crippen molar-refractivity contribution in [3.63, 3.8) is 0 Å². The molecule has 0 aliphatic carbocycles. The number of aromatic nitrogens is 2. The third-order valence-corrected chi connectivity index (χ3v) is 7.09. The maximum absolute atomic E-state index is 10.8. The Bertz CT molecular complexity index is 856. The van der Waals surface area contributed by atoms with Crippen molar-refractivity contribution in [2.24, 2.45) is 5.92 Å². The smallest absolute Gasteiger partial charge is 0.142 e. The lowest BCUT2D eigenvalue weighted by molar-refractivity contribution is 0.0591. The van der Waals surface area contributed by atoms with Gasteiger partial charge < -0.3 is 14.7 Å². The van der Waals surface area contributed by atoms with Gasteiger partial charge in [-0.15, -0.1) is 22.7 Å². The van der Waals surface area contributed by atoms with Crippen LogP contribution in [-0.2, 0) is 6.42 Å². The summed E-state index contributed by atoms with van der Waals surface area (Å²) in [5.74, 6) is 1.19. The number of ether oxygens (including phenoxy) is 1. The first-order chi connectivity index (χ1) is 13.7. The van der Waals surface area contributed by atoms with Gasteiger partial charge in [-0.3, -0.25) is 0 Å². The molecule has 1 unspecified atom stereocenters. The van der Waals surface area contributed by atoms with E-state index in [0.29, 0.717) is 0 Å². The second kappa shape index (κ2) is 9.13. The number of aliphatic hydroxyl groups is 1. The van der Waals surface area contributed by atoms with Crippen molar-refractivity contribution in [3.8, 4) is 16.5 Å². The molecule has 28 heavy (non-hydrogen) atoms. The predicted octanol–water partition coefficient (Wildman–Crippen LogP) is 4.26. The Kier molecular flexibility index (Phi) is 6.36. The molecule has 2 aromatic heterocycles. The van der Waals surface area contributed by atoms with E-state index in [1.807, 2.05) is 22.9 Å². The van der Waals surface area contributed by atoms with Crippen LogP contribution in [0.3, 0.4) is 0 Å². The van der Waals surface area contributed by atoms with Crippen molar-refractivity contribution < 1.29 is 9.84 Å². The van der Waals surface area contributed by atoms with Crippen LogP contribution in [0.5, 0.6) is 5.75 Å². The summed E-state index contributed by atoms with van der Waals surface area (Å²) in [4.78, 5) is 11.4. The van der Waals surface area contributed by atoms with Crippen LogP contribution in [-0.4, -0.2) is 46.7 Å². The highest BCUT2D eigenvalue weighted by Gasteiger charge is 2.28. The highest BCUT2D eigenvalue weighted by atomic mass is 32.1. The summed E-state index contributed by atoms with van der Waals surface area (Å²) < 4.78 is 5.22. The standard InChI is InChI=1S/C21H25N3O2S2/c1-26-17-4-2-15(3-5-17)6-10-24-11-7-16(8-12-24)19(25)21-23-18(14-28-21)20-22-9-13-27-20/h2-5,9,13-14,16,19,25H,6-8,10-12H2,1H3. The number of likely N-dealkylation sites (tertiary alicyclic amines) is 1. The van der Waals surface area contributed by atoms with Gasteiger partial charge in [0.15, 0.2) is 0 Å². The summed E-state index contributed by atoms with van der Waals surface area (Å²) in [7, 11) is 1.69. The normalized spacial score (nSPS) is 16.9. The van der Waals surface area contributed by atoms with Crippen LogP contribution in [0.2, 0.25) is 0 Å². The Labute approximate surface area is 173 Å². The SMILES string of the molecule is COc1ccc(CCN2CCC(C(O)c3nc(-c4nccs4)cs3)CC2)cc1. The summed E-state index contributed by atoms with van der Waals surface area (Å²) >= 11 is 3.12. The van der Waals surface area contributed by atoms with Gasteiger partial charge >= 0.3 is 0 Å². The molecular formula is C21H25N3O2S2. The molecule has 3 heterocycles. The van der Waals surface area contributed by atoms with E-state index < -0.39 is 6.10 Å². The Hall–Kier alpha value is -1.80. The van der Waals surface area contributed by atoms with Crippen molar-refractivity contribution in [3.05, 3.63) is 51.8 Å². The van der Waals surface area contributed by atoms with Crippen molar-refractivity contribution in [1.82, 2.24) is 14.9 Å². The minimum atomic E-state index is -0.470. The first-order valence-corrected chi connectivity index (χ1v) is 11.4. The number of nitrogens with zero attached hydrogens (tertiary/aromatic N) is 3. The molecule has 0 spiro atoms. The van der Waals surface area contributed by atoms with Crippen LogP contribution >= 0.6 is 22.7 Å². The minimum absolute atomic E-state index is 0.285. The number of piperidine rings is 1. The monoisotopic (exact) mass is 415 g/mol. The first kappa shape index (κ1) is 19.5. The summed E-state index contributed by atoms with van der Waals surface area (Å²) in [5.41, 5.74) is 2.21. The molecule has 1 atom stereocenters. The highest BCUT2D eigenvalue weighted by molar-refractivity contribution is 7.14. The summed E-state index contributed by atoms with van der Waals surface area (Å²) in [6.45, 7) is 3.12. The molecule has 1 fully saturated rings. The zero-order chi connectivity index (χ0) is 19.3. The van der Waals surface area contributed by atoms with Gasteiger partial charge in [-0.25, -0.2) is 9.97 Å². The van der Waals surface area contributed by atoms with Crippen LogP contribution in [0, 0.1) is 5.92 Å². The molecule has 4 rings (SSSR count). The molecule has 7 heteroatoms. The third kappa shape index (κ3) is 4.60. The fraction of sp³-hybridized carbons (Fsp3) is 0.429. The number of hydrogen-bond donors (Lipinski definition) is 1. The van der Waals surface area contributed by atoms with E-state index in [-0.39, 0.29) is 5.92 Å². The average molecular weight is 416 g/mol. The lowest BCUT2D eigenvalue weighted by atomic mass is 9.91. The third-order valence-electron chi connectivity index (χ3n) is 5.38. The number of aliphatic hydroxyl groups excluding tert-OH is 1. The fourth-order valence-electron chi connectivity index (χ4n) is 3.64. The Morgan fingerprint density at radius 3 is 2.68 bits per heavy atom. The topological polar surface area (TPSA) is 58.5 Å². The number of rotatable bonds is 7. The molecule has 0 radical (unpaired) electrons. The average Bonchev–Trinajstić information content (AvgIpc) is 3.44. The van der Waals surface area contributed by atoms with E-state index >= 15 is 0 Å². The fourth-order valence-corrected chi connectivity index (χ4v) is 5.20. The van der Waals surface area contributed by atoms with E-state index in [0.717, 1.165) is 60.4 Å². The van der Waals surface area contributed by atoms with Crippen LogP contribution < -0.4 is 4.74 Å². The maximum atomic E-state index is 10.8.